The molecule has 3 heterocycles. The summed E-state index contributed by atoms with van der Waals surface area (Å²) in [5.41, 5.74) is -0.631. The number of rotatable bonds is 5. The molecule has 0 saturated carbocycles. The molecule has 1 aromatic heterocycles. The SMILES string of the molecule is C[C@@H](N1CC[N+]2=C(C1)C(Br)N=N2)[C@](O)(C[n+]1cnc[nH]1)c1ccc(F)cc1F. The van der Waals surface area contributed by atoms with Crippen LogP contribution < -0.4 is 4.68 Å². The second-order valence-electron chi connectivity index (χ2n) is 7.00. The quantitative estimate of drug-likeness (QED) is 0.402. The highest BCUT2D eigenvalue weighted by Crippen LogP contribution is 2.32. The Bertz CT molecular complexity index is 936. The van der Waals surface area contributed by atoms with Crippen LogP contribution in [0.15, 0.2) is 41.2 Å². The van der Waals surface area contributed by atoms with E-state index in [1.807, 2.05) is 11.6 Å². The first-order valence-electron chi connectivity index (χ1n) is 8.86. The summed E-state index contributed by atoms with van der Waals surface area (Å²) in [5, 5.41) is 22.8. The summed E-state index contributed by atoms with van der Waals surface area (Å²) in [6.07, 6.45) is 2.98. The third kappa shape index (κ3) is 3.38. The van der Waals surface area contributed by atoms with Gasteiger partial charge in [-0.2, -0.15) is 9.78 Å². The van der Waals surface area contributed by atoms with Crippen molar-refractivity contribution in [1.82, 2.24) is 15.0 Å². The van der Waals surface area contributed by atoms with Crippen molar-refractivity contribution in [3.05, 3.63) is 48.1 Å². The molecule has 0 radical (unpaired) electrons. The van der Waals surface area contributed by atoms with Crippen LogP contribution in [0.1, 0.15) is 12.5 Å². The Labute approximate surface area is 168 Å². The lowest BCUT2D eigenvalue weighted by Gasteiger charge is -2.40. The Morgan fingerprint density at radius 1 is 1.46 bits per heavy atom. The van der Waals surface area contributed by atoms with Crippen molar-refractivity contribution < 1.29 is 23.3 Å². The predicted octanol–water partition coefficient (Wildman–Crippen LogP) is 1.12. The first-order valence-corrected chi connectivity index (χ1v) is 9.78. The Balaban J connectivity index is 1.69. The number of halogens is 3. The molecule has 1 unspecified atom stereocenters. The number of nitrogens with zero attached hydrogens (tertiary/aromatic N) is 6. The fraction of sp³-hybridized carbons (Fsp3) is 0.471. The molecular weight excluding hydrogens is 436 g/mol. The number of H-pyrrole nitrogens is 1. The van der Waals surface area contributed by atoms with Crippen molar-refractivity contribution in [3.8, 4) is 0 Å². The van der Waals surface area contributed by atoms with E-state index in [1.54, 1.807) is 4.68 Å². The molecule has 0 aliphatic carbocycles. The third-order valence-corrected chi connectivity index (χ3v) is 6.10. The molecule has 1 aromatic carbocycles. The summed E-state index contributed by atoms with van der Waals surface area (Å²) in [6, 6.07) is 2.76. The maximum Gasteiger partial charge on any atom is 0.306 e. The maximum atomic E-state index is 14.7. The van der Waals surface area contributed by atoms with Crippen molar-refractivity contribution in [1.29, 1.82) is 0 Å². The first-order chi connectivity index (χ1) is 13.4. The van der Waals surface area contributed by atoms with Crippen molar-refractivity contribution in [2.24, 2.45) is 10.3 Å². The molecule has 0 fully saturated rings. The molecule has 0 bridgehead atoms. The minimum absolute atomic E-state index is 0.0265. The van der Waals surface area contributed by atoms with Crippen molar-refractivity contribution in [2.75, 3.05) is 19.6 Å². The van der Waals surface area contributed by atoms with Crippen molar-refractivity contribution >= 4 is 21.6 Å². The molecule has 4 rings (SSSR count). The molecule has 8 nitrogen and oxygen atoms in total. The molecule has 148 valence electrons. The number of aromatic amines is 1. The highest BCUT2D eigenvalue weighted by Gasteiger charge is 2.46. The molecule has 28 heavy (non-hydrogen) atoms. The second-order valence-corrected chi connectivity index (χ2v) is 7.87. The predicted molar refractivity (Wildman–Crippen MR) is 97.8 cm³/mol. The fourth-order valence-corrected chi connectivity index (χ4v) is 4.19. The van der Waals surface area contributed by atoms with Gasteiger partial charge in [0.15, 0.2) is 5.71 Å². The Kier molecular flexibility index (Phi) is 5.06. The minimum Gasteiger partial charge on any atom is -0.379 e. The standard InChI is InChI=1S/C17H19BrF2N7O/c1-11(25-4-5-27-15(7-25)16(18)23-24-27)17(28,8-26-10-21-9-22-26)13-3-2-12(19)6-14(13)20/h2-3,6,9-11,16,28H,4-5,7-8H2,1H3/q+1/p+1/t11-,16?,17-/m1/s1. The Hall–Kier alpha value is -2.11. The molecule has 2 aliphatic heterocycles. The van der Waals surface area contributed by atoms with Crippen LogP contribution >= 0.6 is 15.9 Å². The van der Waals surface area contributed by atoms with Gasteiger partial charge in [0.05, 0.1) is 11.7 Å². The number of nitrogens with one attached hydrogen (secondary N) is 1. The molecule has 0 amide bonds. The van der Waals surface area contributed by atoms with Gasteiger partial charge in [-0.15, -0.1) is 4.68 Å². The van der Waals surface area contributed by atoms with E-state index >= 15 is 0 Å². The van der Waals surface area contributed by atoms with Gasteiger partial charge in [-0.05, 0) is 33.9 Å². The molecule has 0 saturated heterocycles. The van der Waals surface area contributed by atoms with Crippen LogP contribution in [0.4, 0.5) is 8.78 Å². The monoisotopic (exact) mass is 455 g/mol. The lowest BCUT2D eigenvalue weighted by Crippen LogP contribution is -2.60. The molecular formula is C17H20BrF2N7O+2. The van der Waals surface area contributed by atoms with Crippen molar-refractivity contribution in [3.63, 3.8) is 0 Å². The number of hydrogen-bond donors (Lipinski definition) is 2. The summed E-state index contributed by atoms with van der Waals surface area (Å²) < 4.78 is 31.5. The molecule has 2 aliphatic rings. The van der Waals surface area contributed by atoms with E-state index in [0.717, 1.165) is 17.8 Å². The molecule has 0 spiro atoms. The normalized spacial score (nSPS) is 23.0. The first kappa shape index (κ1) is 19.2. The van der Waals surface area contributed by atoms with E-state index in [2.05, 4.69) is 41.3 Å². The van der Waals surface area contributed by atoms with E-state index in [4.69, 9.17) is 0 Å². The van der Waals surface area contributed by atoms with Crippen LogP contribution in [0, 0.1) is 11.6 Å². The summed E-state index contributed by atoms with van der Waals surface area (Å²) in [5.74, 6) is -1.48. The van der Waals surface area contributed by atoms with Crippen LogP contribution in [0.25, 0.3) is 0 Å². The van der Waals surface area contributed by atoms with Gasteiger partial charge in [-0.3, -0.25) is 4.90 Å². The van der Waals surface area contributed by atoms with Crippen molar-refractivity contribution in [2.45, 2.75) is 30.1 Å². The number of benzene rings is 1. The molecule has 3 atom stereocenters. The van der Waals surface area contributed by atoms with E-state index in [-0.39, 0.29) is 17.1 Å². The number of aliphatic hydroxyl groups is 1. The molecule has 2 N–H and O–H groups in total. The average molecular weight is 456 g/mol. The van der Waals surface area contributed by atoms with E-state index in [1.165, 1.54) is 18.7 Å². The maximum absolute atomic E-state index is 14.7. The summed E-state index contributed by atoms with van der Waals surface area (Å²) in [7, 11) is 0. The van der Waals surface area contributed by atoms with E-state index in [9.17, 15) is 13.9 Å². The minimum atomic E-state index is -1.63. The van der Waals surface area contributed by atoms with Gasteiger partial charge in [0.2, 0.25) is 6.33 Å². The summed E-state index contributed by atoms with van der Waals surface area (Å²) >= 11 is 3.47. The number of aromatic nitrogens is 3. The van der Waals surface area contributed by atoms with E-state index in [0.29, 0.717) is 19.6 Å². The number of hydrogen-bond acceptors (Lipinski definition) is 5. The van der Waals surface area contributed by atoms with Crippen LogP contribution in [0.3, 0.4) is 0 Å². The van der Waals surface area contributed by atoms with Gasteiger partial charge in [0, 0.05) is 24.2 Å². The van der Waals surface area contributed by atoms with E-state index < -0.39 is 23.3 Å². The zero-order valence-corrected chi connectivity index (χ0v) is 16.7. The lowest BCUT2D eigenvalue weighted by atomic mass is 9.85. The highest BCUT2D eigenvalue weighted by atomic mass is 79.9. The number of alkyl halides is 1. The lowest BCUT2D eigenvalue weighted by molar-refractivity contribution is -0.765. The summed E-state index contributed by atoms with van der Waals surface area (Å²) in [4.78, 5) is 5.79. The van der Waals surface area contributed by atoms with Gasteiger partial charge in [-0.1, -0.05) is 6.07 Å². The molecule has 2 aromatic rings. The highest BCUT2D eigenvalue weighted by molar-refractivity contribution is 9.10. The Morgan fingerprint density at radius 2 is 2.29 bits per heavy atom. The van der Waals surface area contributed by atoms with Gasteiger partial charge in [-0.25, -0.2) is 8.78 Å². The fourth-order valence-electron chi connectivity index (χ4n) is 3.73. The zero-order valence-electron chi connectivity index (χ0n) is 15.1. The largest absolute Gasteiger partial charge is 0.379 e. The zero-order chi connectivity index (χ0) is 19.9. The third-order valence-electron chi connectivity index (χ3n) is 5.38. The average Bonchev–Trinajstić information content (AvgIpc) is 3.30. The topological polar surface area (TPSA) is 83.8 Å². The van der Waals surface area contributed by atoms with Crippen LogP contribution in [0.2, 0.25) is 0 Å². The van der Waals surface area contributed by atoms with Crippen LogP contribution in [-0.2, 0) is 12.1 Å². The van der Waals surface area contributed by atoms with Gasteiger partial charge in [0.25, 0.3) is 4.95 Å². The second kappa shape index (κ2) is 7.37. The van der Waals surface area contributed by atoms with Crippen LogP contribution in [-0.4, -0.2) is 61.1 Å². The summed E-state index contributed by atoms with van der Waals surface area (Å²) in [6.45, 7) is 3.61. The smallest absolute Gasteiger partial charge is 0.306 e. The van der Waals surface area contributed by atoms with Gasteiger partial charge >= 0.3 is 6.33 Å². The van der Waals surface area contributed by atoms with Gasteiger partial charge < -0.3 is 5.11 Å². The Morgan fingerprint density at radius 3 is 3.00 bits per heavy atom. The van der Waals surface area contributed by atoms with Gasteiger partial charge in [0.1, 0.15) is 35.5 Å². The molecule has 11 heteroatoms. The van der Waals surface area contributed by atoms with Crippen LogP contribution in [0.5, 0.6) is 0 Å².